The van der Waals surface area contributed by atoms with Crippen LogP contribution in [-0.4, -0.2) is 58.4 Å². The van der Waals surface area contributed by atoms with Crippen molar-refractivity contribution in [2.45, 2.75) is 52.1 Å². The lowest BCUT2D eigenvalue weighted by molar-refractivity contribution is -0.274. The number of pyridine rings is 1. The van der Waals surface area contributed by atoms with Gasteiger partial charge in [0.1, 0.15) is 0 Å². The zero-order valence-electron chi connectivity index (χ0n) is 18.1. The van der Waals surface area contributed by atoms with Crippen molar-refractivity contribution in [1.82, 2.24) is 19.7 Å². The summed E-state index contributed by atoms with van der Waals surface area (Å²) in [6, 6.07) is 4.09. The highest BCUT2D eigenvalue weighted by atomic mass is 19.4. The van der Waals surface area contributed by atoms with Gasteiger partial charge >= 0.3 is 6.36 Å². The number of hydrogen-bond acceptors (Lipinski definition) is 5. The number of nitrogens with zero attached hydrogens (tertiary/aromatic N) is 4. The number of fused-ring (bicyclic) bond motifs is 1. The minimum atomic E-state index is -4.76. The lowest BCUT2D eigenvalue weighted by atomic mass is 10.0. The van der Waals surface area contributed by atoms with E-state index >= 15 is 0 Å². The van der Waals surface area contributed by atoms with Crippen LogP contribution in [0.15, 0.2) is 18.3 Å². The fraction of sp³-hybridized carbons (Fsp3) is 0.636. The van der Waals surface area contributed by atoms with E-state index in [1.807, 2.05) is 10.7 Å². The summed E-state index contributed by atoms with van der Waals surface area (Å²) in [5.74, 6) is 0.673. The number of aromatic nitrogens is 3. The molecule has 3 atom stereocenters. The third kappa shape index (κ3) is 3.51. The van der Waals surface area contributed by atoms with E-state index < -0.39 is 6.36 Å². The van der Waals surface area contributed by atoms with Crippen LogP contribution in [0, 0.1) is 18.3 Å². The van der Waals surface area contributed by atoms with Gasteiger partial charge in [0.15, 0.2) is 5.75 Å². The average Bonchev–Trinajstić information content (AvgIpc) is 2.96. The molecule has 0 bridgehead atoms. The quantitative estimate of drug-likeness (QED) is 0.704. The molecule has 0 aromatic carbocycles. The topological polar surface area (TPSA) is 52.4 Å². The first-order valence-corrected chi connectivity index (χ1v) is 10.7. The molecule has 2 saturated heterocycles. The molecule has 4 heterocycles. The first kappa shape index (κ1) is 20.8. The summed E-state index contributed by atoms with van der Waals surface area (Å²) in [4.78, 5) is 6.64. The van der Waals surface area contributed by atoms with Gasteiger partial charge in [0.05, 0.1) is 30.6 Å². The maximum absolute atomic E-state index is 12.8. The molecule has 0 unspecified atom stereocenters. The van der Waals surface area contributed by atoms with E-state index in [1.54, 1.807) is 6.20 Å². The van der Waals surface area contributed by atoms with Gasteiger partial charge in [-0.1, -0.05) is 6.92 Å². The Labute approximate surface area is 179 Å². The van der Waals surface area contributed by atoms with Gasteiger partial charge in [-0.05, 0) is 44.2 Å². The summed E-state index contributed by atoms with van der Waals surface area (Å²) >= 11 is 0. The van der Waals surface area contributed by atoms with Crippen molar-refractivity contribution in [2.24, 2.45) is 11.3 Å². The molecule has 1 saturated carbocycles. The smallest absolute Gasteiger partial charge is 0.404 e. The van der Waals surface area contributed by atoms with Gasteiger partial charge in [-0.3, -0.25) is 14.6 Å². The normalized spacial score (nSPS) is 28.6. The van der Waals surface area contributed by atoms with Crippen molar-refractivity contribution in [3.05, 3.63) is 29.7 Å². The zero-order valence-corrected chi connectivity index (χ0v) is 18.1. The van der Waals surface area contributed by atoms with Crippen LogP contribution in [0.4, 0.5) is 13.2 Å². The van der Waals surface area contributed by atoms with Crippen molar-refractivity contribution in [2.75, 3.05) is 26.3 Å². The fourth-order valence-corrected chi connectivity index (χ4v) is 5.28. The molecule has 1 aliphatic carbocycles. The van der Waals surface area contributed by atoms with Crippen LogP contribution in [0.2, 0.25) is 0 Å². The van der Waals surface area contributed by atoms with E-state index in [-0.39, 0.29) is 22.9 Å². The van der Waals surface area contributed by atoms with Crippen molar-refractivity contribution >= 4 is 0 Å². The van der Waals surface area contributed by atoms with Crippen LogP contribution >= 0.6 is 0 Å². The van der Waals surface area contributed by atoms with Crippen LogP contribution in [0.5, 0.6) is 5.75 Å². The van der Waals surface area contributed by atoms with E-state index in [4.69, 9.17) is 9.84 Å². The molecule has 0 N–H and O–H groups in total. The van der Waals surface area contributed by atoms with Gasteiger partial charge in [-0.15, -0.1) is 13.2 Å². The van der Waals surface area contributed by atoms with Gasteiger partial charge in [0.2, 0.25) is 0 Å². The molecule has 2 aromatic rings. The molecule has 0 spiro atoms. The third-order valence-electron chi connectivity index (χ3n) is 7.10. The average molecular weight is 436 g/mol. The lowest BCUT2D eigenvalue weighted by Crippen LogP contribution is -2.49. The number of rotatable bonds is 5. The molecule has 2 aromatic heterocycles. The van der Waals surface area contributed by atoms with Gasteiger partial charge in [0.25, 0.3) is 0 Å². The second kappa shape index (κ2) is 6.93. The van der Waals surface area contributed by atoms with Crippen molar-refractivity contribution in [3.63, 3.8) is 0 Å². The van der Waals surface area contributed by atoms with Gasteiger partial charge in [-0.2, -0.15) is 5.10 Å². The largest absolute Gasteiger partial charge is 0.573 e. The summed E-state index contributed by atoms with van der Waals surface area (Å²) in [5.41, 5.74) is 2.70. The highest BCUT2D eigenvalue weighted by molar-refractivity contribution is 5.61. The molecular formula is C22H27F3N4O2. The Morgan fingerprint density at radius 2 is 2.00 bits per heavy atom. The van der Waals surface area contributed by atoms with E-state index in [0.717, 1.165) is 32.0 Å². The van der Waals surface area contributed by atoms with Crippen LogP contribution in [0.3, 0.4) is 0 Å². The summed E-state index contributed by atoms with van der Waals surface area (Å²) in [7, 11) is 0. The number of likely N-dealkylation sites (tertiary alicyclic amines) is 1. The first-order chi connectivity index (χ1) is 14.6. The molecule has 2 aliphatic heterocycles. The predicted octanol–water partition coefficient (Wildman–Crippen LogP) is 4.17. The van der Waals surface area contributed by atoms with Crippen molar-refractivity contribution < 1.29 is 22.6 Å². The number of piperidine rings is 1. The van der Waals surface area contributed by atoms with E-state index in [1.165, 1.54) is 13.0 Å². The summed E-state index contributed by atoms with van der Waals surface area (Å²) < 4.78 is 49.8. The molecule has 6 nitrogen and oxygen atoms in total. The number of aryl methyl sites for hydroxylation is 1. The molecule has 3 aliphatic rings. The molecule has 5 rings (SSSR count). The van der Waals surface area contributed by atoms with Gasteiger partial charge in [0, 0.05) is 42.5 Å². The number of alkyl halides is 3. The number of ether oxygens (including phenoxy) is 2. The second-order valence-electron chi connectivity index (χ2n) is 9.56. The van der Waals surface area contributed by atoms with Gasteiger partial charge < -0.3 is 9.47 Å². The summed E-state index contributed by atoms with van der Waals surface area (Å²) in [6.45, 7) is 11.7. The molecule has 0 radical (unpaired) electrons. The zero-order chi connectivity index (χ0) is 22.1. The molecule has 31 heavy (non-hydrogen) atoms. The maximum atomic E-state index is 12.8. The standard InChI is InChI=1S/C22H27F3N4O2/c1-12(2)29-18(20-16-8-28(11-21(16,20)4)15-9-30-10-15)6-17(27-29)14-5-19(13(3)26-7-14)31-22(23,24)25/h5-7,12,15-16,20H,8-11H2,1-4H3/t16-,20+,21-/m0/s1. The second-order valence-corrected chi connectivity index (χ2v) is 9.56. The summed E-state index contributed by atoms with van der Waals surface area (Å²) in [5, 5.41) is 4.75. The fourth-order valence-electron chi connectivity index (χ4n) is 5.28. The maximum Gasteiger partial charge on any atom is 0.573 e. The van der Waals surface area contributed by atoms with Gasteiger partial charge in [-0.25, -0.2) is 0 Å². The van der Waals surface area contributed by atoms with E-state index in [2.05, 4.69) is 35.4 Å². The molecule has 168 valence electrons. The molecule has 0 amide bonds. The molecule has 3 fully saturated rings. The highest BCUT2D eigenvalue weighted by Crippen LogP contribution is 2.69. The number of hydrogen-bond donors (Lipinski definition) is 0. The third-order valence-corrected chi connectivity index (χ3v) is 7.10. The SMILES string of the molecule is Cc1ncc(-c2cc([C@H]3[C@@H]4CN(C5COC5)C[C@@]43C)n(C(C)C)n2)cc1OC(F)(F)F. The Morgan fingerprint density at radius 1 is 1.26 bits per heavy atom. The van der Waals surface area contributed by atoms with E-state index in [0.29, 0.717) is 29.1 Å². The molecule has 9 heteroatoms. The Hall–Kier alpha value is -2.13. The van der Waals surface area contributed by atoms with Crippen LogP contribution < -0.4 is 4.74 Å². The monoisotopic (exact) mass is 436 g/mol. The number of halogens is 3. The van der Waals surface area contributed by atoms with Crippen LogP contribution in [-0.2, 0) is 4.74 Å². The Morgan fingerprint density at radius 3 is 2.55 bits per heavy atom. The Kier molecular flexibility index (Phi) is 4.64. The van der Waals surface area contributed by atoms with E-state index in [9.17, 15) is 13.2 Å². The van der Waals surface area contributed by atoms with Crippen molar-refractivity contribution in [1.29, 1.82) is 0 Å². The minimum absolute atomic E-state index is 0.147. The highest BCUT2D eigenvalue weighted by Gasteiger charge is 2.68. The Bertz CT molecular complexity index is 1000. The van der Waals surface area contributed by atoms with Crippen LogP contribution in [0.1, 0.15) is 44.1 Å². The van der Waals surface area contributed by atoms with Crippen LogP contribution in [0.25, 0.3) is 11.3 Å². The first-order valence-electron chi connectivity index (χ1n) is 10.7. The minimum Gasteiger partial charge on any atom is -0.404 e. The predicted molar refractivity (Wildman–Crippen MR) is 108 cm³/mol. The van der Waals surface area contributed by atoms with Crippen molar-refractivity contribution in [3.8, 4) is 17.0 Å². The lowest BCUT2D eigenvalue weighted by Gasteiger charge is -2.36. The summed E-state index contributed by atoms with van der Waals surface area (Å²) in [6.07, 6.45) is -3.20. The molecular weight excluding hydrogens is 409 g/mol. The Balaban J connectivity index is 1.43.